The third-order valence-corrected chi connectivity index (χ3v) is 3.83. The molecule has 1 aromatic heterocycles. The van der Waals surface area contributed by atoms with Crippen LogP contribution in [0.5, 0.6) is 0 Å². The molecule has 0 spiro atoms. The maximum atomic E-state index is 11.5. The van der Waals surface area contributed by atoms with Gasteiger partial charge in [0.2, 0.25) is 0 Å². The van der Waals surface area contributed by atoms with Gasteiger partial charge in [0.1, 0.15) is 0 Å². The SMILES string of the molecule is Cc1c(-c2ccc(Cl)c(Cl)c2Cl)cc[nH]c1=O. The molecule has 0 saturated carbocycles. The zero-order valence-electron chi connectivity index (χ0n) is 8.85. The maximum Gasteiger partial charge on any atom is 0.251 e. The number of nitrogens with one attached hydrogen (secondary N) is 1. The van der Waals surface area contributed by atoms with Crippen LogP contribution < -0.4 is 5.56 Å². The van der Waals surface area contributed by atoms with Gasteiger partial charge in [-0.25, -0.2) is 0 Å². The van der Waals surface area contributed by atoms with Crippen LogP contribution in [0.3, 0.4) is 0 Å². The number of H-pyrrole nitrogens is 1. The van der Waals surface area contributed by atoms with Crippen molar-refractivity contribution in [2.24, 2.45) is 0 Å². The van der Waals surface area contributed by atoms with Crippen LogP contribution >= 0.6 is 34.8 Å². The Morgan fingerprint density at radius 2 is 1.71 bits per heavy atom. The number of hydrogen-bond donors (Lipinski definition) is 1. The van der Waals surface area contributed by atoms with Gasteiger partial charge in [-0.3, -0.25) is 4.79 Å². The summed E-state index contributed by atoms with van der Waals surface area (Å²) in [7, 11) is 0. The van der Waals surface area contributed by atoms with E-state index in [1.54, 1.807) is 31.3 Å². The Kier molecular flexibility index (Phi) is 3.48. The van der Waals surface area contributed by atoms with Crippen LogP contribution in [-0.2, 0) is 0 Å². The van der Waals surface area contributed by atoms with Crippen molar-refractivity contribution in [3.63, 3.8) is 0 Å². The van der Waals surface area contributed by atoms with Crippen molar-refractivity contribution >= 4 is 34.8 Å². The molecule has 1 N–H and O–H groups in total. The molecular weight excluding hydrogens is 280 g/mol. The monoisotopic (exact) mass is 287 g/mol. The Morgan fingerprint density at radius 1 is 1.00 bits per heavy atom. The second kappa shape index (κ2) is 4.73. The lowest BCUT2D eigenvalue weighted by Gasteiger charge is -2.09. The summed E-state index contributed by atoms with van der Waals surface area (Å²) in [4.78, 5) is 14.1. The number of rotatable bonds is 1. The highest BCUT2D eigenvalue weighted by Crippen LogP contribution is 2.38. The number of halogens is 3. The standard InChI is InChI=1S/C12H8Cl3NO/c1-6-7(4-5-16-12(6)17)8-2-3-9(13)11(15)10(8)14/h2-5H,1H3,(H,16,17). The van der Waals surface area contributed by atoms with Gasteiger partial charge in [0.25, 0.3) is 5.56 Å². The van der Waals surface area contributed by atoms with E-state index in [0.29, 0.717) is 26.2 Å². The molecule has 0 aliphatic rings. The molecule has 0 saturated heterocycles. The Bertz CT molecular complexity index is 634. The van der Waals surface area contributed by atoms with Crippen LogP contribution in [-0.4, -0.2) is 4.98 Å². The fraction of sp³-hybridized carbons (Fsp3) is 0.0833. The van der Waals surface area contributed by atoms with Gasteiger partial charge < -0.3 is 4.98 Å². The summed E-state index contributed by atoms with van der Waals surface area (Å²) in [5.74, 6) is 0. The van der Waals surface area contributed by atoms with Crippen molar-refractivity contribution in [2.45, 2.75) is 6.92 Å². The van der Waals surface area contributed by atoms with Gasteiger partial charge >= 0.3 is 0 Å². The molecule has 0 atom stereocenters. The van der Waals surface area contributed by atoms with Crippen molar-refractivity contribution in [2.75, 3.05) is 0 Å². The second-order valence-electron chi connectivity index (χ2n) is 3.57. The molecule has 2 nitrogen and oxygen atoms in total. The van der Waals surface area contributed by atoms with Gasteiger partial charge in [-0.05, 0) is 24.6 Å². The van der Waals surface area contributed by atoms with Crippen LogP contribution in [0.15, 0.2) is 29.2 Å². The highest BCUT2D eigenvalue weighted by Gasteiger charge is 2.13. The summed E-state index contributed by atoms with van der Waals surface area (Å²) in [6, 6.07) is 5.19. The van der Waals surface area contributed by atoms with Gasteiger partial charge in [0, 0.05) is 17.3 Å². The number of aromatic amines is 1. The van der Waals surface area contributed by atoms with E-state index >= 15 is 0 Å². The molecular formula is C12H8Cl3NO. The van der Waals surface area contributed by atoms with Gasteiger partial charge in [-0.2, -0.15) is 0 Å². The van der Waals surface area contributed by atoms with E-state index in [9.17, 15) is 4.79 Å². The van der Waals surface area contributed by atoms with E-state index in [2.05, 4.69) is 4.98 Å². The lowest BCUT2D eigenvalue weighted by atomic mass is 10.0. The van der Waals surface area contributed by atoms with Gasteiger partial charge in [0.05, 0.1) is 15.1 Å². The molecule has 5 heteroatoms. The van der Waals surface area contributed by atoms with E-state index in [1.165, 1.54) is 0 Å². The third kappa shape index (κ3) is 2.21. The molecule has 2 rings (SSSR count). The first-order chi connectivity index (χ1) is 8.02. The molecule has 0 aliphatic heterocycles. The minimum Gasteiger partial charge on any atom is -0.329 e. The van der Waals surface area contributed by atoms with Gasteiger partial charge in [-0.15, -0.1) is 0 Å². The summed E-state index contributed by atoms with van der Waals surface area (Å²) < 4.78 is 0. The van der Waals surface area contributed by atoms with Crippen LogP contribution in [0, 0.1) is 6.92 Å². The first kappa shape index (κ1) is 12.5. The Labute approximate surface area is 113 Å². The predicted molar refractivity (Wildman–Crippen MR) is 72.3 cm³/mol. The predicted octanol–water partition coefficient (Wildman–Crippen LogP) is 4.31. The Morgan fingerprint density at radius 3 is 2.41 bits per heavy atom. The van der Waals surface area contributed by atoms with E-state index < -0.39 is 0 Å². The minimum absolute atomic E-state index is 0.148. The summed E-state index contributed by atoms with van der Waals surface area (Å²) in [6.07, 6.45) is 1.57. The van der Waals surface area contributed by atoms with Gasteiger partial charge in [0.15, 0.2) is 0 Å². The van der Waals surface area contributed by atoms with E-state index in [4.69, 9.17) is 34.8 Å². The van der Waals surface area contributed by atoms with Crippen molar-refractivity contribution in [1.29, 1.82) is 0 Å². The largest absolute Gasteiger partial charge is 0.329 e. The molecule has 1 aromatic carbocycles. The van der Waals surface area contributed by atoms with Gasteiger partial charge in [-0.1, -0.05) is 40.9 Å². The van der Waals surface area contributed by atoms with Crippen LogP contribution in [0.4, 0.5) is 0 Å². The zero-order chi connectivity index (χ0) is 12.6. The minimum atomic E-state index is -0.148. The highest BCUT2D eigenvalue weighted by molar-refractivity contribution is 6.49. The van der Waals surface area contributed by atoms with Crippen LogP contribution in [0.25, 0.3) is 11.1 Å². The fourth-order valence-electron chi connectivity index (χ4n) is 1.58. The van der Waals surface area contributed by atoms with Crippen LogP contribution in [0.1, 0.15) is 5.56 Å². The van der Waals surface area contributed by atoms with Crippen LogP contribution in [0.2, 0.25) is 15.1 Å². The summed E-state index contributed by atoms with van der Waals surface area (Å²) in [6.45, 7) is 1.73. The molecule has 0 amide bonds. The molecule has 0 aliphatic carbocycles. The molecule has 0 bridgehead atoms. The van der Waals surface area contributed by atoms with E-state index in [0.717, 1.165) is 5.56 Å². The lowest BCUT2D eigenvalue weighted by Crippen LogP contribution is -2.09. The molecule has 2 aromatic rings. The molecule has 17 heavy (non-hydrogen) atoms. The zero-order valence-corrected chi connectivity index (χ0v) is 11.1. The second-order valence-corrected chi connectivity index (χ2v) is 4.73. The lowest BCUT2D eigenvalue weighted by molar-refractivity contribution is 1.18. The maximum absolute atomic E-state index is 11.5. The summed E-state index contributed by atoms with van der Waals surface area (Å²) >= 11 is 18.0. The Hall–Kier alpha value is -0.960. The number of benzene rings is 1. The summed E-state index contributed by atoms with van der Waals surface area (Å²) in [5, 5.41) is 1.04. The molecule has 0 unspecified atom stereocenters. The average Bonchev–Trinajstić information content (AvgIpc) is 2.31. The average molecular weight is 289 g/mol. The topological polar surface area (TPSA) is 32.9 Å². The van der Waals surface area contributed by atoms with E-state index in [1.807, 2.05) is 0 Å². The number of aromatic nitrogens is 1. The van der Waals surface area contributed by atoms with Crippen molar-refractivity contribution in [1.82, 2.24) is 4.98 Å². The quantitative estimate of drug-likeness (QED) is 0.779. The fourth-order valence-corrected chi connectivity index (χ4v) is 2.22. The van der Waals surface area contributed by atoms with Crippen molar-refractivity contribution in [3.8, 4) is 11.1 Å². The molecule has 0 radical (unpaired) electrons. The smallest absolute Gasteiger partial charge is 0.251 e. The third-order valence-electron chi connectivity index (χ3n) is 2.53. The molecule has 1 heterocycles. The highest BCUT2D eigenvalue weighted by atomic mass is 35.5. The van der Waals surface area contributed by atoms with E-state index in [-0.39, 0.29) is 5.56 Å². The summed E-state index contributed by atoms with van der Waals surface area (Å²) in [5.41, 5.74) is 1.89. The first-order valence-corrected chi connectivity index (χ1v) is 5.98. The molecule has 0 fully saturated rings. The Balaban J connectivity index is 2.74. The first-order valence-electron chi connectivity index (χ1n) is 4.84. The molecule has 88 valence electrons. The number of pyridine rings is 1. The normalized spacial score (nSPS) is 10.6. The van der Waals surface area contributed by atoms with Crippen molar-refractivity contribution < 1.29 is 0 Å². The van der Waals surface area contributed by atoms with Crippen molar-refractivity contribution in [3.05, 3.63) is 55.4 Å². The number of hydrogen-bond acceptors (Lipinski definition) is 1.